The number of hydrogen-bond donors (Lipinski definition) is 3. The third kappa shape index (κ3) is 2.61. The summed E-state index contributed by atoms with van der Waals surface area (Å²) >= 11 is 1.49. The van der Waals surface area contributed by atoms with E-state index in [0.29, 0.717) is 24.5 Å². The molecule has 0 fully saturated rings. The van der Waals surface area contributed by atoms with Crippen molar-refractivity contribution in [2.24, 2.45) is 5.73 Å². The topological polar surface area (TPSA) is 110 Å². The Balaban J connectivity index is 1.83. The normalized spacial score (nSPS) is 10.5. The van der Waals surface area contributed by atoms with Crippen LogP contribution in [0.2, 0.25) is 0 Å². The first-order valence-electron chi connectivity index (χ1n) is 4.56. The van der Waals surface area contributed by atoms with Crippen molar-refractivity contribution < 1.29 is 4.79 Å². The molecule has 2 rings (SSSR count). The highest BCUT2D eigenvalue weighted by molar-refractivity contribution is 7.10. The third-order valence-electron chi connectivity index (χ3n) is 1.91. The predicted molar refractivity (Wildman–Crippen MR) is 57.6 cm³/mol. The van der Waals surface area contributed by atoms with Gasteiger partial charge in [-0.25, -0.2) is 0 Å². The molecule has 7 nitrogen and oxygen atoms in total. The van der Waals surface area contributed by atoms with E-state index >= 15 is 0 Å². The van der Waals surface area contributed by atoms with Gasteiger partial charge in [-0.3, -0.25) is 4.79 Å². The minimum atomic E-state index is -0.402. The van der Waals surface area contributed by atoms with Crippen LogP contribution in [-0.2, 0) is 13.1 Å². The SMILES string of the molecule is NC(=O)c1csc(CNCc2nn[nH]n2)c1. The van der Waals surface area contributed by atoms with E-state index < -0.39 is 5.91 Å². The van der Waals surface area contributed by atoms with E-state index in [-0.39, 0.29) is 0 Å². The van der Waals surface area contributed by atoms with Crippen LogP contribution in [-0.4, -0.2) is 26.5 Å². The molecule has 4 N–H and O–H groups in total. The number of H-pyrrole nitrogens is 1. The lowest BCUT2D eigenvalue weighted by atomic mass is 10.3. The molecule has 0 bridgehead atoms. The van der Waals surface area contributed by atoms with Gasteiger partial charge < -0.3 is 11.1 Å². The Bertz CT molecular complexity index is 465. The summed E-state index contributed by atoms with van der Waals surface area (Å²) in [6, 6.07) is 1.77. The van der Waals surface area contributed by atoms with E-state index in [1.807, 2.05) is 0 Å². The van der Waals surface area contributed by atoms with E-state index in [9.17, 15) is 4.79 Å². The quantitative estimate of drug-likeness (QED) is 0.659. The van der Waals surface area contributed by atoms with Gasteiger partial charge in [-0.15, -0.1) is 21.5 Å². The summed E-state index contributed by atoms with van der Waals surface area (Å²) < 4.78 is 0. The molecule has 0 aliphatic heterocycles. The van der Waals surface area contributed by atoms with Gasteiger partial charge in [0.2, 0.25) is 5.91 Å². The molecule has 2 heterocycles. The molecule has 0 atom stereocenters. The molecule has 0 aromatic carbocycles. The second kappa shape index (κ2) is 4.81. The van der Waals surface area contributed by atoms with Crippen LogP contribution in [0.1, 0.15) is 21.1 Å². The Labute approximate surface area is 95.0 Å². The van der Waals surface area contributed by atoms with Crippen LogP contribution in [0.3, 0.4) is 0 Å². The highest BCUT2D eigenvalue weighted by atomic mass is 32.1. The first-order valence-corrected chi connectivity index (χ1v) is 5.44. The number of thiophene rings is 1. The maximum absolute atomic E-state index is 10.9. The van der Waals surface area contributed by atoms with Crippen LogP contribution < -0.4 is 11.1 Å². The predicted octanol–water partition coefficient (Wildman–Crippen LogP) is -0.350. The van der Waals surface area contributed by atoms with E-state index in [1.165, 1.54) is 11.3 Å². The molecular weight excluding hydrogens is 228 g/mol. The third-order valence-corrected chi connectivity index (χ3v) is 2.85. The number of nitrogens with one attached hydrogen (secondary N) is 2. The number of primary amides is 1. The van der Waals surface area contributed by atoms with E-state index in [2.05, 4.69) is 25.9 Å². The number of carbonyl (C=O) groups is 1. The van der Waals surface area contributed by atoms with Gasteiger partial charge in [0.05, 0.1) is 12.1 Å². The number of aromatic nitrogens is 4. The van der Waals surface area contributed by atoms with Crippen molar-refractivity contribution in [2.75, 3.05) is 0 Å². The Hall–Kier alpha value is -1.80. The lowest BCUT2D eigenvalue weighted by molar-refractivity contribution is 0.100. The molecule has 0 aliphatic carbocycles. The molecule has 0 saturated carbocycles. The summed E-state index contributed by atoms with van der Waals surface area (Å²) in [7, 11) is 0. The fourth-order valence-corrected chi connectivity index (χ4v) is 2.00. The molecule has 84 valence electrons. The highest BCUT2D eigenvalue weighted by Crippen LogP contribution is 2.13. The molecule has 0 spiro atoms. The van der Waals surface area contributed by atoms with Gasteiger partial charge in [-0.1, -0.05) is 5.21 Å². The Morgan fingerprint density at radius 2 is 2.44 bits per heavy atom. The first kappa shape index (κ1) is 10.7. The summed E-state index contributed by atoms with van der Waals surface area (Å²) in [4.78, 5) is 11.9. The molecular formula is C8H10N6OS. The van der Waals surface area contributed by atoms with E-state index in [4.69, 9.17) is 5.73 Å². The molecule has 0 aliphatic rings. The Kier molecular flexibility index (Phi) is 3.22. The lowest BCUT2D eigenvalue weighted by Gasteiger charge is -1.97. The van der Waals surface area contributed by atoms with Crippen LogP contribution in [0, 0.1) is 0 Å². The fraction of sp³-hybridized carbons (Fsp3) is 0.250. The summed E-state index contributed by atoms with van der Waals surface area (Å²) in [5, 5.41) is 18.3. The van der Waals surface area contributed by atoms with Crippen molar-refractivity contribution >= 4 is 17.2 Å². The van der Waals surface area contributed by atoms with Crippen LogP contribution in [0.15, 0.2) is 11.4 Å². The fourth-order valence-electron chi connectivity index (χ4n) is 1.16. The van der Waals surface area contributed by atoms with Gasteiger partial charge >= 0.3 is 0 Å². The molecule has 0 saturated heterocycles. The van der Waals surface area contributed by atoms with Gasteiger partial charge in [0.1, 0.15) is 0 Å². The second-order valence-electron chi connectivity index (χ2n) is 3.10. The van der Waals surface area contributed by atoms with Crippen molar-refractivity contribution in [1.29, 1.82) is 0 Å². The molecule has 0 radical (unpaired) electrons. The minimum Gasteiger partial charge on any atom is -0.366 e. The second-order valence-corrected chi connectivity index (χ2v) is 4.09. The van der Waals surface area contributed by atoms with Gasteiger partial charge in [0.25, 0.3) is 0 Å². The number of nitrogens with two attached hydrogens (primary N) is 1. The summed E-state index contributed by atoms with van der Waals surface area (Å²) in [6.07, 6.45) is 0. The number of carbonyl (C=O) groups excluding carboxylic acids is 1. The highest BCUT2D eigenvalue weighted by Gasteiger charge is 2.04. The van der Waals surface area contributed by atoms with Crippen LogP contribution in [0.4, 0.5) is 0 Å². The van der Waals surface area contributed by atoms with E-state index in [1.54, 1.807) is 11.4 Å². The maximum atomic E-state index is 10.9. The van der Waals surface area contributed by atoms with Crippen LogP contribution in [0.25, 0.3) is 0 Å². The van der Waals surface area contributed by atoms with Crippen molar-refractivity contribution in [2.45, 2.75) is 13.1 Å². The summed E-state index contributed by atoms with van der Waals surface area (Å²) in [6.45, 7) is 1.17. The van der Waals surface area contributed by atoms with Crippen molar-refractivity contribution in [3.63, 3.8) is 0 Å². The first-order chi connectivity index (χ1) is 7.75. The molecule has 16 heavy (non-hydrogen) atoms. The zero-order valence-corrected chi connectivity index (χ0v) is 9.12. The van der Waals surface area contributed by atoms with Crippen molar-refractivity contribution in [3.8, 4) is 0 Å². The number of nitrogens with zero attached hydrogens (tertiary/aromatic N) is 3. The molecule has 2 aromatic heterocycles. The standard InChI is InChI=1S/C8H10N6OS/c9-8(15)5-1-6(16-4-5)2-10-3-7-11-13-14-12-7/h1,4,10H,2-3H2,(H2,9,15)(H,11,12,13,14). The lowest BCUT2D eigenvalue weighted by Crippen LogP contribution is -2.13. The largest absolute Gasteiger partial charge is 0.366 e. The van der Waals surface area contributed by atoms with Crippen molar-refractivity contribution in [3.05, 3.63) is 27.7 Å². The van der Waals surface area contributed by atoms with Gasteiger partial charge in [0.15, 0.2) is 5.82 Å². The Morgan fingerprint density at radius 3 is 3.06 bits per heavy atom. The van der Waals surface area contributed by atoms with Gasteiger partial charge in [-0.05, 0) is 6.07 Å². The average Bonchev–Trinajstić information content (AvgIpc) is 2.87. The monoisotopic (exact) mass is 238 g/mol. The Morgan fingerprint density at radius 1 is 1.56 bits per heavy atom. The van der Waals surface area contributed by atoms with E-state index in [0.717, 1.165) is 4.88 Å². The van der Waals surface area contributed by atoms with Gasteiger partial charge in [-0.2, -0.15) is 5.21 Å². The number of rotatable bonds is 5. The number of hydrogen-bond acceptors (Lipinski definition) is 6. The zero-order valence-electron chi connectivity index (χ0n) is 8.30. The average molecular weight is 238 g/mol. The van der Waals surface area contributed by atoms with Gasteiger partial charge in [0, 0.05) is 16.8 Å². The minimum absolute atomic E-state index is 0.402. The van der Waals surface area contributed by atoms with Crippen LogP contribution in [0.5, 0.6) is 0 Å². The molecule has 2 aromatic rings. The summed E-state index contributed by atoms with van der Waals surface area (Å²) in [5.41, 5.74) is 5.69. The molecule has 1 amide bonds. The molecule has 0 unspecified atom stereocenters. The smallest absolute Gasteiger partial charge is 0.249 e. The summed E-state index contributed by atoms with van der Waals surface area (Å²) in [5.74, 6) is 0.201. The maximum Gasteiger partial charge on any atom is 0.249 e. The van der Waals surface area contributed by atoms with Crippen molar-refractivity contribution in [1.82, 2.24) is 25.9 Å². The molecule has 8 heteroatoms. The number of aromatic amines is 1. The van der Waals surface area contributed by atoms with Crippen LogP contribution >= 0.6 is 11.3 Å². The zero-order chi connectivity index (χ0) is 11.4. The number of tetrazole rings is 1. The number of amides is 1.